The van der Waals surface area contributed by atoms with Gasteiger partial charge in [0.05, 0.1) is 18.0 Å². The summed E-state index contributed by atoms with van der Waals surface area (Å²) in [7, 11) is 1.51. The summed E-state index contributed by atoms with van der Waals surface area (Å²) in [6.45, 7) is 7.93. The first-order chi connectivity index (χ1) is 14.6. The lowest BCUT2D eigenvalue weighted by Gasteiger charge is -2.32. The van der Waals surface area contributed by atoms with E-state index in [0.29, 0.717) is 6.42 Å². The molecular formula is C19H32N5O6PS. The van der Waals surface area contributed by atoms with Crippen LogP contribution in [0.1, 0.15) is 54.2 Å². The molecule has 32 heavy (non-hydrogen) atoms. The van der Waals surface area contributed by atoms with E-state index in [9.17, 15) is 9.69 Å². The number of fused-ring (bicyclic) bond motifs is 1. The molecule has 1 aliphatic heterocycles. The number of nitrogens with one attached hydrogen (secondary N) is 1. The van der Waals surface area contributed by atoms with Gasteiger partial charge >= 0.3 is 6.72 Å². The second-order valence-corrected chi connectivity index (χ2v) is 12.8. The van der Waals surface area contributed by atoms with E-state index in [1.54, 1.807) is 25.3 Å². The number of hydrogen-bond acceptors (Lipinski definition) is 9. The molecule has 0 aliphatic carbocycles. The van der Waals surface area contributed by atoms with Gasteiger partial charge in [0, 0.05) is 7.11 Å². The molecule has 1 unspecified atom stereocenters. The highest BCUT2D eigenvalue weighted by Gasteiger charge is 2.50. The molecule has 0 aromatic carbocycles. The number of nitrogens with zero attached hydrogens (tertiary/aromatic N) is 3. The van der Waals surface area contributed by atoms with Crippen molar-refractivity contribution in [1.29, 1.82) is 0 Å². The zero-order valence-corrected chi connectivity index (χ0v) is 21.1. The third-order valence-corrected chi connectivity index (χ3v) is 6.51. The number of methoxy groups -OCH3 is 1. The molecule has 3 heterocycles. The second-order valence-electron chi connectivity index (χ2n) is 10.0. The fraction of sp³-hybridized carbons (Fsp3) is 0.737. The van der Waals surface area contributed by atoms with Gasteiger partial charge in [-0.3, -0.25) is 18.9 Å². The van der Waals surface area contributed by atoms with Gasteiger partial charge in [0.1, 0.15) is 12.2 Å². The number of imidazole rings is 1. The van der Waals surface area contributed by atoms with Crippen molar-refractivity contribution in [3.63, 3.8) is 0 Å². The van der Waals surface area contributed by atoms with Crippen LogP contribution in [0.3, 0.4) is 0 Å². The standard InChI is InChI=1S/C19H32N5O6PS/c1-18(2,3)8-10-12(29-31(26,32)30-19(4,5)6)13(27-7)16(28-10)24-9-21-11-14(24)22-17(20)23-15(11)25/h9-10,12-13,16H,8H2,1-7H3,(H,26,32)(H3,20,22,23,25)/t10-,12-,13-,16-,31?/m1/s1. The fourth-order valence-electron chi connectivity index (χ4n) is 3.73. The molecule has 1 fully saturated rings. The van der Waals surface area contributed by atoms with Gasteiger partial charge in [0.2, 0.25) is 5.95 Å². The highest BCUT2D eigenvalue weighted by atomic mass is 32.5. The number of aromatic nitrogens is 4. The highest BCUT2D eigenvalue weighted by molar-refractivity contribution is 8.07. The number of aromatic amines is 1. The summed E-state index contributed by atoms with van der Waals surface area (Å²) in [5.41, 5.74) is 4.83. The SMILES string of the molecule is CO[C@@H]1[C@H](OP(O)(=S)OC(C)(C)C)[C@@H](CC(C)(C)C)O[C@H]1n1cnc2c(=O)[nH]c(N)nc21. The largest absolute Gasteiger partial charge is 0.374 e. The highest BCUT2D eigenvalue weighted by Crippen LogP contribution is 2.52. The molecule has 3 rings (SSSR count). The summed E-state index contributed by atoms with van der Waals surface area (Å²) >= 11 is 5.29. The molecule has 0 radical (unpaired) electrons. The van der Waals surface area contributed by atoms with Gasteiger partial charge in [0.25, 0.3) is 5.56 Å². The molecule has 0 saturated carbocycles. The summed E-state index contributed by atoms with van der Waals surface area (Å²) < 4.78 is 25.3. The Bertz CT molecular complexity index is 1070. The summed E-state index contributed by atoms with van der Waals surface area (Å²) in [5, 5.41) is 0. The van der Waals surface area contributed by atoms with E-state index < -0.39 is 42.4 Å². The smallest absolute Gasteiger partial charge is 0.325 e. The molecule has 1 saturated heterocycles. The van der Waals surface area contributed by atoms with Crippen LogP contribution in [0.5, 0.6) is 0 Å². The average molecular weight is 490 g/mol. The molecule has 13 heteroatoms. The van der Waals surface area contributed by atoms with Crippen LogP contribution in [0.25, 0.3) is 11.2 Å². The second kappa shape index (κ2) is 8.75. The first-order valence-corrected chi connectivity index (χ1v) is 12.8. The molecule has 1 aliphatic rings. The molecule has 5 atom stereocenters. The van der Waals surface area contributed by atoms with Crippen LogP contribution in [0.2, 0.25) is 0 Å². The Kier molecular flexibility index (Phi) is 6.90. The van der Waals surface area contributed by atoms with E-state index in [0.717, 1.165) is 0 Å². The predicted molar refractivity (Wildman–Crippen MR) is 124 cm³/mol. The Hall–Kier alpha value is -1.40. The first kappa shape index (κ1) is 25.2. The minimum atomic E-state index is -3.63. The number of rotatable bonds is 6. The third-order valence-electron chi connectivity index (χ3n) is 4.74. The van der Waals surface area contributed by atoms with E-state index in [1.807, 2.05) is 0 Å². The Morgan fingerprint density at radius 3 is 2.53 bits per heavy atom. The average Bonchev–Trinajstić information content (AvgIpc) is 3.12. The van der Waals surface area contributed by atoms with Crippen molar-refractivity contribution >= 4 is 35.6 Å². The summed E-state index contributed by atoms with van der Waals surface area (Å²) in [4.78, 5) is 33.8. The normalized spacial score (nSPS) is 26.5. The van der Waals surface area contributed by atoms with Crippen LogP contribution in [-0.4, -0.2) is 55.4 Å². The molecule has 0 amide bonds. The minimum Gasteiger partial charge on any atom is -0.374 e. The predicted octanol–water partition coefficient (Wildman–Crippen LogP) is 2.47. The summed E-state index contributed by atoms with van der Waals surface area (Å²) in [6, 6.07) is 0. The summed E-state index contributed by atoms with van der Waals surface area (Å²) in [5.74, 6) is -0.0420. The van der Waals surface area contributed by atoms with Crippen molar-refractivity contribution in [1.82, 2.24) is 19.5 Å². The third kappa shape index (κ3) is 5.74. The quantitative estimate of drug-likeness (QED) is 0.517. The number of nitrogen functional groups attached to an aromatic ring is 1. The lowest BCUT2D eigenvalue weighted by atomic mass is 9.87. The Morgan fingerprint density at radius 1 is 1.31 bits per heavy atom. The van der Waals surface area contributed by atoms with Crippen molar-refractivity contribution in [2.24, 2.45) is 5.41 Å². The maximum Gasteiger partial charge on any atom is 0.325 e. The zero-order valence-electron chi connectivity index (χ0n) is 19.4. The number of nitrogens with two attached hydrogens (primary N) is 1. The Morgan fingerprint density at radius 2 is 1.97 bits per heavy atom. The number of hydrogen-bond donors (Lipinski definition) is 3. The zero-order chi connectivity index (χ0) is 24.1. The molecule has 0 bridgehead atoms. The molecular weight excluding hydrogens is 457 g/mol. The van der Waals surface area contributed by atoms with Crippen LogP contribution in [0, 0.1) is 5.41 Å². The number of ether oxygens (including phenoxy) is 2. The van der Waals surface area contributed by atoms with E-state index in [4.69, 9.17) is 36.1 Å². The molecule has 2 aromatic rings. The number of anilines is 1. The van der Waals surface area contributed by atoms with Crippen molar-refractivity contribution in [3.05, 3.63) is 16.7 Å². The monoisotopic (exact) mass is 489 g/mol. The van der Waals surface area contributed by atoms with Crippen LogP contribution < -0.4 is 11.3 Å². The first-order valence-electron chi connectivity index (χ1n) is 10.2. The molecule has 0 spiro atoms. The van der Waals surface area contributed by atoms with Crippen molar-refractivity contribution in [2.45, 2.75) is 78.1 Å². The lowest BCUT2D eigenvalue weighted by molar-refractivity contribution is -0.0549. The molecule has 11 nitrogen and oxygen atoms in total. The van der Waals surface area contributed by atoms with E-state index in [-0.39, 0.29) is 22.5 Å². The van der Waals surface area contributed by atoms with Crippen LogP contribution in [0.15, 0.2) is 11.1 Å². The molecule has 180 valence electrons. The molecule has 4 N–H and O–H groups in total. The van der Waals surface area contributed by atoms with Crippen LogP contribution in [0.4, 0.5) is 5.95 Å². The van der Waals surface area contributed by atoms with Gasteiger partial charge in [-0.15, -0.1) is 0 Å². The van der Waals surface area contributed by atoms with Gasteiger partial charge in [-0.2, -0.15) is 4.98 Å². The minimum absolute atomic E-state index is 0.0420. The van der Waals surface area contributed by atoms with Gasteiger partial charge in [-0.1, -0.05) is 20.8 Å². The van der Waals surface area contributed by atoms with Crippen LogP contribution in [-0.2, 0) is 30.3 Å². The lowest BCUT2D eigenvalue weighted by Crippen LogP contribution is -2.37. The Balaban J connectivity index is 2.02. The summed E-state index contributed by atoms with van der Waals surface area (Å²) in [6.07, 6.45) is -0.637. The van der Waals surface area contributed by atoms with E-state index >= 15 is 0 Å². The number of H-pyrrole nitrogens is 1. The maximum absolute atomic E-state index is 12.2. The van der Waals surface area contributed by atoms with Gasteiger partial charge in [0.15, 0.2) is 17.4 Å². The van der Waals surface area contributed by atoms with E-state index in [2.05, 4.69) is 35.7 Å². The van der Waals surface area contributed by atoms with Gasteiger partial charge in [-0.05, 0) is 44.4 Å². The van der Waals surface area contributed by atoms with Crippen LogP contribution >= 0.6 is 6.72 Å². The topological polar surface area (TPSA) is 147 Å². The maximum atomic E-state index is 12.2. The van der Waals surface area contributed by atoms with Crippen molar-refractivity contribution in [2.75, 3.05) is 12.8 Å². The fourth-order valence-corrected chi connectivity index (χ4v) is 6.00. The molecule has 2 aromatic heterocycles. The van der Waals surface area contributed by atoms with Crippen molar-refractivity contribution in [3.8, 4) is 0 Å². The van der Waals surface area contributed by atoms with Gasteiger partial charge in [-0.25, -0.2) is 4.98 Å². The van der Waals surface area contributed by atoms with Gasteiger partial charge < -0.3 is 24.6 Å². The van der Waals surface area contributed by atoms with Crippen molar-refractivity contribution < 1.29 is 23.4 Å². The Labute approximate surface area is 191 Å². The van der Waals surface area contributed by atoms with E-state index in [1.165, 1.54) is 13.4 Å².